The maximum Gasteiger partial charge on any atom is 0.195 e. The molecule has 0 bridgehead atoms. The van der Waals surface area contributed by atoms with Crippen molar-refractivity contribution in [2.75, 3.05) is 38.7 Å². The van der Waals surface area contributed by atoms with Gasteiger partial charge >= 0.3 is 0 Å². The van der Waals surface area contributed by atoms with Crippen molar-refractivity contribution in [1.82, 2.24) is 14.9 Å². The number of fused-ring (bicyclic) bond motifs is 1. The number of rotatable bonds is 10. The summed E-state index contributed by atoms with van der Waals surface area (Å²) < 4.78 is 13.0. The zero-order valence-electron chi connectivity index (χ0n) is 18.0. The van der Waals surface area contributed by atoms with Gasteiger partial charge in [0.1, 0.15) is 11.6 Å². The van der Waals surface area contributed by atoms with Crippen LogP contribution in [0.25, 0.3) is 11.0 Å². The molecule has 30 heavy (non-hydrogen) atoms. The molecule has 0 aliphatic carbocycles. The third-order valence-electron chi connectivity index (χ3n) is 4.64. The van der Waals surface area contributed by atoms with Crippen molar-refractivity contribution in [2.45, 2.75) is 26.8 Å². The van der Waals surface area contributed by atoms with Crippen LogP contribution in [0.15, 0.2) is 53.5 Å². The number of benzene rings is 2. The predicted octanol–water partition coefficient (Wildman–Crippen LogP) is 3.84. The monoisotopic (exact) mass is 409 g/mol. The molecule has 0 amide bonds. The van der Waals surface area contributed by atoms with Crippen LogP contribution in [0.2, 0.25) is 0 Å². The zero-order chi connectivity index (χ0) is 21.2. The Morgan fingerprint density at radius 1 is 1.13 bits per heavy atom. The third-order valence-corrected chi connectivity index (χ3v) is 4.64. The van der Waals surface area contributed by atoms with Gasteiger partial charge in [0, 0.05) is 45.0 Å². The van der Waals surface area contributed by atoms with E-state index in [1.807, 2.05) is 49.4 Å². The van der Waals surface area contributed by atoms with Crippen molar-refractivity contribution < 1.29 is 9.47 Å². The van der Waals surface area contributed by atoms with E-state index in [0.717, 1.165) is 53.8 Å². The highest BCUT2D eigenvalue weighted by molar-refractivity contribution is 5.93. The van der Waals surface area contributed by atoms with Gasteiger partial charge in [0.15, 0.2) is 5.96 Å². The Balaban J connectivity index is 1.62. The van der Waals surface area contributed by atoms with E-state index in [4.69, 9.17) is 14.5 Å². The summed E-state index contributed by atoms with van der Waals surface area (Å²) in [6, 6.07) is 16.1. The van der Waals surface area contributed by atoms with Crippen molar-refractivity contribution >= 4 is 22.7 Å². The Morgan fingerprint density at radius 2 is 2.00 bits per heavy atom. The van der Waals surface area contributed by atoms with E-state index in [1.54, 1.807) is 7.11 Å². The molecule has 1 aromatic heterocycles. The van der Waals surface area contributed by atoms with Crippen LogP contribution >= 0.6 is 0 Å². The molecule has 7 heteroatoms. The summed E-state index contributed by atoms with van der Waals surface area (Å²) in [6.07, 6.45) is 0.862. The van der Waals surface area contributed by atoms with Gasteiger partial charge < -0.3 is 24.7 Å². The van der Waals surface area contributed by atoms with E-state index in [-0.39, 0.29) is 0 Å². The fourth-order valence-corrected chi connectivity index (χ4v) is 3.24. The Kier molecular flexibility index (Phi) is 8.09. The fourth-order valence-electron chi connectivity index (χ4n) is 3.24. The second-order valence-corrected chi connectivity index (χ2v) is 6.91. The lowest BCUT2D eigenvalue weighted by molar-refractivity contribution is 0.172. The molecule has 1 heterocycles. The molecule has 0 spiro atoms. The minimum atomic E-state index is 0.629. The number of ether oxygens (including phenoxy) is 2. The van der Waals surface area contributed by atoms with E-state index in [2.05, 4.69) is 33.2 Å². The van der Waals surface area contributed by atoms with Gasteiger partial charge in [0.25, 0.3) is 0 Å². The summed E-state index contributed by atoms with van der Waals surface area (Å²) in [4.78, 5) is 9.36. The molecular weight excluding hydrogens is 378 g/mol. The molecule has 0 fully saturated rings. The molecule has 0 saturated carbocycles. The highest BCUT2D eigenvalue weighted by atomic mass is 16.5. The van der Waals surface area contributed by atoms with Gasteiger partial charge in [-0.15, -0.1) is 0 Å². The second kappa shape index (κ2) is 11.2. The van der Waals surface area contributed by atoms with E-state index in [1.165, 1.54) is 0 Å². The third kappa shape index (κ3) is 5.97. The molecule has 2 N–H and O–H groups in total. The number of aromatic nitrogens is 2. The van der Waals surface area contributed by atoms with Crippen LogP contribution in [-0.4, -0.2) is 48.9 Å². The van der Waals surface area contributed by atoms with Gasteiger partial charge in [-0.1, -0.05) is 18.2 Å². The standard InChI is InChI=1S/C23H31N5O2/c1-4-24-23(27-19-9-7-10-20(17-19)30-16-8-15-29-3)25-13-14-28-18(2)26-21-11-5-6-12-22(21)28/h5-7,9-12,17H,4,8,13-16H2,1-3H3,(H2,24,25,27). The summed E-state index contributed by atoms with van der Waals surface area (Å²) >= 11 is 0. The van der Waals surface area contributed by atoms with Crippen LogP contribution < -0.4 is 15.4 Å². The largest absolute Gasteiger partial charge is 0.493 e. The second-order valence-electron chi connectivity index (χ2n) is 6.91. The maximum atomic E-state index is 5.78. The molecular formula is C23H31N5O2. The zero-order valence-corrected chi connectivity index (χ0v) is 18.0. The molecule has 160 valence electrons. The lowest BCUT2D eigenvalue weighted by Gasteiger charge is -2.13. The van der Waals surface area contributed by atoms with Gasteiger partial charge in [0.2, 0.25) is 0 Å². The number of anilines is 1. The minimum Gasteiger partial charge on any atom is -0.493 e. The van der Waals surface area contributed by atoms with E-state index < -0.39 is 0 Å². The van der Waals surface area contributed by atoms with Crippen molar-refractivity contribution in [3.8, 4) is 5.75 Å². The smallest absolute Gasteiger partial charge is 0.195 e. The first-order valence-corrected chi connectivity index (χ1v) is 10.4. The SMILES string of the molecule is CCNC(=NCCn1c(C)nc2ccccc21)Nc1cccc(OCCCOC)c1. The van der Waals surface area contributed by atoms with Gasteiger partial charge in [0.05, 0.1) is 24.2 Å². The Hall–Kier alpha value is -3.06. The lowest BCUT2D eigenvalue weighted by atomic mass is 10.3. The molecule has 3 rings (SSSR count). The molecule has 2 aromatic carbocycles. The normalized spacial score (nSPS) is 11.6. The van der Waals surface area contributed by atoms with Gasteiger partial charge in [-0.2, -0.15) is 0 Å². The summed E-state index contributed by atoms with van der Waals surface area (Å²) in [5.74, 6) is 2.58. The number of para-hydroxylation sites is 2. The van der Waals surface area contributed by atoms with E-state index in [9.17, 15) is 0 Å². The maximum absolute atomic E-state index is 5.78. The Labute approximate surface area is 178 Å². The molecule has 0 aliphatic heterocycles. The number of aliphatic imine (C=N–C) groups is 1. The van der Waals surface area contributed by atoms with Gasteiger partial charge in [-0.3, -0.25) is 4.99 Å². The lowest BCUT2D eigenvalue weighted by Crippen LogP contribution is -2.31. The van der Waals surface area contributed by atoms with Crippen LogP contribution in [0.4, 0.5) is 5.69 Å². The molecule has 7 nitrogen and oxygen atoms in total. The number of hydrogen-bond acceptors (Lipinski definition) is 4. The van der Waals surface area contributed by atoms with Crippen LogP contribution in [-0.2, 0) is 11.3 Å². The summed E-state index contributed by atoms with van der Waals surface area (Å²) in [5.41, 5.74) is 3.09. The minimum absolute atomic E-state index is 0.629. The molecule has 3 aromatic rings. The van der Waals surface area contributed by atoms with E-state index >= 15 is 0 Å². The van der Waals surface area contributed by atoms with Crippen LogP contribution in [0.5, 0.6) is 5.75 Å². The number of imidazole rings is 1. The summed E-state index contributed by atoms with van der Waals surface area (Å²) in [7, 11) is 1.70. The first kappa shape index (κ1) is 21.6. The van der Waals surface area contributed by atoms with Crippen molar-refractivity contribution in [1.29, 1.82) is 0 Å². The van der Waals surface area contributed by atoms with Crippen molar-refractivity contribution in [3.05, 3.63) is 54.4 Å². The highest BCUT2D eigenvalue weighted by Crippen LogP contribution is 2.18. The topological polar surface area (TPSA) is 72.7 Å². The number of nitrogens with zero attached hydrogens (tertiary/aromatic N) is 3. The van der Waals surface area contributed by atoms with Gasteiger partial charge in [-0.25, -0.2) is 4.98 Å². The average molecular weight is 410 g/mol. The molecule has 0 radical (unpaired) electrons. The number of guanidine groups is 1. The molecule has 0 aliphatic rings. The number of aryl methyl sites for hydroxylation is 1. The van der Waals surface area contributed by atoms with Crippen molar-refractivity contribution in [2.24, 2.45) is 4.99 Å². The van der Waals surface area contributed by atoms with Crippen LogP contribution in [0.3, 0.4) is 0 Å². The average Bonchev–Trinajstić information content (AvgIpc) is 3.07. The fraction of sp³-hybridized carbons (Fsp3) is 0.391. The summed E-state index contributed by atoms with van der Waals surface area (Å²) in [5, 5.41) is 6.66. The van der Waals surface area contributed by atoms with E-state index in [0.29, 0.717) is 19.8 Å². The van der Waals surface area contributed by atoms with Crippen LogP contribution in [0.1, 0.15) is 19.2 Å². The molecule has 0 atom stereocenters. The first-order valence-electron chi connectivity index (χ1n) is 10.4. The van der Waals surface area contributed by atoms with Gasteiger partial charge in [-0.05, 0) is 38.1 Å². The van der Waals surface area contributed by atoms with Crippen molar-refractivity contribution in [3.63, 3.8) is 0 Å². The summed E-state index contributed by atoms with van der Waals surface area (Å²) in [6.45, 7) is 7.61. The molecule has 0 unspecified atom stereocenters. The first-order chi connectivity index (χ1) is 14.7. The molecule has 0 saturated heterocycles. The highest BCUT2D eigenvalue weighted by Gasteiger charge is 2.06. The quantitative estimate of drug-likeness (QED) is 0.302. The Bertz CT molecular complexity index is 967. The Morgan fingerprint density at radius 3 is 2.83 bits per heavy atom. The number of nitrogens with one attached hydrogen (secondary N) is 2. The number of hydrogen-bond donors (Lipinski definition) is 2. The number of methoxy groups -OCH3 is 1. The predicted molar refractivity (Wildman–Crippen MR) is 123 cm³/mol. The van der Waals surface area contributed by atoms with Crippen LogP contribution in [0, 0.1) is 6.92 Å².